The van der Waals surface area contributed by atoms with E-state index in [9.17, 15) is 17.6 Å². The lowest BCUT2D eigenvalue weighted by atomic mass is 10.1. The number of nitrogens with two attached hydrogens (primary N) is 1. The van der Waals surface area contributed by atoms with Crippen molar-refractivity contribution in [3.63, 3.8) is 0 Å². The number of sulfonamides is 1. The minimum atomic E-state index is -3.74. The fourth-order valence-corrected chi connectivity index (χ4v) is 3.59. The molecule has 0 heterocycles. The minimum Gasteiger partial charge on any atom is -0.348 e. The Bertz CT molecular complexity index is 926. The summed E-state index contributed by atoms with van der Waals surface area (Å²) in [4.78, 5) is 14.6. The van der Waals surface area contributed by atoms with Gasteiger partial charge in [-0.1, -0.05) is 24.3 Å². The maximum Gasteiger partial charge on any atom is 0.238 e. The normalized spacial score (nSPS) is 15.4. The number of amides is 1. The number of nitrogens with zero attached hydrogens (tertiary/aromatic N) is 1. The van der Waals surface area contributed by atoms with Crippen LogP contribution < -0.4 is 10.5 Å². The van der Waals surface area contributed by atoms with Crippen LogP contribution in [-0.4, -0.2) is 31.8 Å². The van der Waals surface area contributed by atoms with Crippen molar-refractivity contribution in [2.24, 2.45) is 5.14 Å². The first-order valence-corrected chi connectivity index (χ1v) is 10.7. The predicted molar refractivity (Wildman–Crippen MR) is 104 cm³/mol. The molecule has 0 aromatic heterocycles. The van der Waals surface area contributed by atoms with E-state index < -0.39 is 10.0 Å². The predicted octanol–water partition coefficient (Wildman–Crippen LogP) is 2.31. The molecule has 1 fully saturated rings. The zero-order valence-corrected chi connectivity index (χ0v) is 16.5. The fraction of sp³-hybridized carbons (Fsp3) is 0.350. The largest absolute Gasteiger partial charge is 0.348 e. The van der Waals surface area contributed by atoms with Crippen LogP contribution in [-0.2, 0) is 21.4 Å². The molecule has 0 spiro atoms. The molecule has 0 bridgehead atoms. The molecule has 0 radical (unpaired) electrons. The summed E-state index contributed by atoms with van der Waals surface area (Å²) in [6, 6.07) is 12.6. The number of halogens is 1. The topological polar surface area (TPSA) is 92.5 Å². The number of rotatable bonds is 8. The summed E-state index contributed by atoms with van der Waals surface area (Å²) < 4.78 is 35.7. The molecule has 1 aliphatic rings. The van der Waals surface area contributed by atoms with Gasteiger partial charge < -0.3 is 5.32 Å². The summed E-state index contributed by atoms with van der Waals surface area (Å²) >= 11 is 0. The van der Waals surface area contributed by atoms with E-state index in [1.54, 1.807) is 24.3 Å². The molecule has 1 aliphatic carbocycles. The Labute approximate surface area is 164 Å². The first-order valence-electron chi connectivity index (χ1n) is 9.13. The van der Waals surface area contributed by atoms with E-state index in [4.69, 9.17) is 5.14 Å². The molecule has 1 atom stereocenters. The highest BCUT2D eigenvalue weighted by molar-refractivity contribution is 7.89. The van der Waals surface area contributed by atoms with E-state index >= 15 is 0 Å². The molecule has 0 saturated heterocycles. The zero-order valence-electron chi connectivity index (χ0n) is 15.6. The fourth-order valence-electron chi connectivity index (χ4n) is 3.08. The highest BCUT2D eigenvalue weighted by Crippen LogP contribution is 2.28. The Morgan fingerprint density at radius 1 is 1.18 bits per heavy atom. The van der Waals surface area contributed by atoms with Gasteiger partial charge in [0.1, 0.15) is 5.82 Å². The molecule has 2 aromatic carbocycles. The van der Waals surface area contributed by atoms with Crippen LogP contribution in [0.3, 0.4) is 0 Å². The van der Waals surface area contributed by atoms with Crippen molar-refractivity contribution >= 4 is 15.9 Å². The molecular formula is C20H24FN3O3S. The van der Waals surface area contributed by atoms with Crippen LogP contribution in [0.15, 0.2) is 53.4 Å². The maximum absolute atomic E-state index is 13.1. The van der Waals surface area contributed by atoms with Gasteiger partial charge in [-0.15, -0.1) is 0 Å². The van der Waals surface area contributed by atoms with Crippen LogP contribution in [0, 0.1) is 5.82 Å². The quantitative estimate of drug-likeness (QED) is 0.705. The lowest BCUT2D eigenvalue weighted by molar-refractivity contribution is -0.123. The monoisotopic (exact) mass is 405 g/mol. The highest BCUT2D eigenvalue weighted by atomic mass is 32.2. The number of carbonyl (C=O) groups is 1. The Hall–Kier alpha value is -2.29. The highest BCUT2D eigenvalue weighted by Gasteiger charge is 2.30. The SMILES string of the molecule is C[C@H](NC(=O)CN(Cc1ccc(F)cc1)C1CC1)c1ccc(S(N)(=O)=O)cc1. The number of benzene rings is 2. The van der Waals surface area contributed by atoms with Gasteiger partial charge in [0.05, 0.1) is 17.5 Å². The van der Waals surface area contributed by atoms with Gasteiger partial charge in [-0.2, -0.15) is 0 Å². The van der Waals surface area contributed by atoms with Crippen LogP contribution in [0.25, 0.3) is 0 Å². The second-order valence-electron chi connectivity index (χ2n) is 7.17. The van der Waals surface area contributed by atoms with Crippen LogP contribution in [0.1, 0.15) is 36.9 Å². The van der Waals surface area contributed by atoms with Crippen molar-refractivity contribution in [1.29, 1.82) is 0 Å². The molecule has 0 aliphatic heterocycles. The van der Waals surface area contributed by atoms with Gasteiger partial charge in [0, 0.05) is 12.6 Å². The van der Waals surface area contributed by atoms with Gasteiger partial charge in [-0.05, 0) is 55.2 Å². The maximum atomic E-state index is 13.1. The van der Waals surface area contributed by atoms with Gasteiger partial charge in [0.2, 0.25) is 15.9 Å². The van der Waals surface area contributed by atoms with Crippen molar-refractivity contribution in [3.8, 4) is 0 Å². The second kappa shape index (κ2) is 8.38. The standard InChI is InChI=1S/C20H24FN3O3S/c1-14(16-4-10-19(11-5-16)28(22,26)27)23-20(25)13-24(18-8-9-18)12-15-2-6-17(21)7-3-15/h2-7,10-11,14,18H,8-9,12-13H2,1H3,(H,23,25)(H2,22,26,27)/t14-/m0/s1. The van der Waals surface area contributed by atoms with E-state index in [0.29, 0.717) is 12.6 Å². The average molecular weight is 405 g/mol. The molecule has 2 aromatic rings. The molecule has 150 valence electrons. The smallest absolute Gasteiger partial charge is 0.238 e. The van der Waals surface area contributed by atoms with Crippen molar-refractivity contribution in [1.82, 2.24) is 10.2 Å². The number of primary sulfonamides is 1. The van der Waals surface area contributed by atoms with E-state index in [2.05, 4.69) is 10.2 Å². The summed E-state index contributed by atoms with van der Waals surface area (Å²) in [6.45, 7) is 2.68. The van der Waals surface area contributed by atoms with Gasteiger partial charge in [0.25, 0.3) is 0 Å². The Morgan fingerprint density at radius 3 is 2.32 bits per heavy atom. The third-order valence-electron chi connectivity index (χ3n) is 4.80. The molecule has 6 nitrogen and oxygen atoms in total. The zero-order chi connectivity index (χ0) is 20.3. The number of nitrogens with one attached hydrogen (secondary N) is 1. The van der Waals surface area contributed by atoms with Gasteiger partial charge in [-0.3, -0.25) is 9.69 Å². The van der Waals surface area contributed by atoms with Gasteiger partial charge >= 0.3 is 0 Å². The number of hydrogen-bond donors (Lipinski definition) is 2. The molecule has 28 heavy (non-hydrogen) atoms. The summed E-state index contributed by atoms with van der Waals surface area (Å²) in [5, 5.41) is 8.04. The molecular weight excluding hydrogens is 381 g/mol. The molecule has 3 N–H and O–H groups in total. The molecule has 1 amide bonds. The van der Waals surface area contributed by atoms with E-state index in [1.165, 1.54) is 24.3 Å². The van der Waals surface area contributed by atoms with Crippen LogP contribution >= 0.6 is 0 Å². The minimum absolute atomic E-state index is 0.0361. The molecule has 8 heteroatoms. The first kappa shape index (κ1) is 20.4. The van der Waals surface area contributed by atoms with Gasteiger partial charge in [-0.25, -0.2) is 17.9 Å². The molecule has 1 saturated carbocycles. The van der Waals surface area contributed by atoms with Crippen LogP contribution in [0.2, 0.25) is 0 Å². The first-order chi connectivity index (χ1) is 13.2. The second-order valence-corrected chi connectivity index (χ2v) is 8.73. The average Bonchev–Trinajstić information content (AvgIpc) is 3.47. The third-order valence-corrected chi connectivity index (χ3v) is 5.72. The summed E-state index contributed by atoms with van der Waals surface area (Å²) in [5.74, 6) is -0.390. The van der Waals surface area contributed by atoms with Crippen molar-refractivity contribution in [2.45, 2.75) is 43.3 Å². The van der Waals surface area contributed by atoms with E-state index in [0.717, 1.165) is 24.0 Å². The molecule has 3 rings (SSSR count). The van der Waals surface area contributed by atoms with Crippen molar-refractivity contribution < 1.29 is 17.6 Å². The van der Waals surface area contributed by atoms with Crippen molar-refractivity contribution in [3.05, 3.63) is 65.5 Å². The summed E-state index contributed by atoms with van der Waals surface area (Å²) in [5.41, 5.74) is 1.75. The van der Waals surface area contributed by atoms with Crippen molar-refractivity contribution in [2.75, 3.05) is 6.54 Å². The Kier molecular flexibility index (Phi) is 6.12. The lowest BCUT2D eigenvalue weighted by Gasteiger charge is -2.23. The Morgan fingerprint density at radius 2 is 1.79 bits per heavy atom. The lowest BCUT2D eigenvalue weighted by Crippen LogP contribution is -2.39. The van der Waals surface area contributed by atoms with E-state index in [1.807, 2.05) is 6.92 Å². The van der Waals surface area contributed by atoms with Gasteiger partial charge in [0.15, 0.2) is 0 Å². The van der Waals surface area contributed by atoms with E-state index in [-0.39, 0.29) is 29.2 Å². The number of hydrogen-bond acceptors (Lipinski definition) is 4. The van der Waals surface area contributed by atoms with Crippen LogP contribution in [0.4, 0.5) is 4.39 Å². The van der Waals surface area contributed by atoms with Crippen LogP contribution in [0.5, 0.6) is 0 Å². The summed E-state index contributed by atoms with van der Waals surface area (Å²) in [6.07, 6.45) is 2.11. The molecule has 0 unspecified atom stereocenters. The third kappa shape index (κ3) is 5.60. The number of carbonyl (C=O) groups excluding carboxylic acids is 1. The summed E-state index contributed by atoms with van der Waals surface area (Å²) in [7, 11) is -3.74. The Balaban J connectivity index is 1.59.